The smallest absolute Gasteiger partial charge is 0.226 e. The molecule has 0 bridgehead atoms. The van der Waals surface area contributed by atoms with Gasteiger partial charge in [-0.1, -0.05) is 56.3 Å². The van der Waals surface area contributed by atoms with Crippen LogP contribution >= 0.6 is 0 Å². The number of carbonyl (C=O) groups is 1. The number of nitrogens with zero attached hydrogens (tertiary/aromatic N) is 1. The molecule has 0 aliphatic rings. The van der Waals surface area contributed by atoms with Gasteiger partial charge in [0.05, 0.1) is 6.42 Å². The van der Waals surface area contributed by atoms with Gasteiger partial charge in [0.15, 0.2) is 0 Å². The molecule has 0 aliphatic carbocycles. The zero-order valence-corrected chi connectivity index (χ0v) is 13.1. The van der Waals surface area contributed by atoms with Crippen LogP contribution in [0.3, 0.4) is 0 Å². The minimum atomic E-state index is -0.0478. The zero-order valence-electron chi connectivity index (χ0n) is 13.1. The van der Waals surface area contributed by atoms with E-state index in [0.717, 1.165) is 5.56 Å². The first-order valence-corrected chi connectivity index (χ1v) is 7.33. The third-order valence-electron chi connectivity index (χ3n) is 3.81. The summed E-state index contributed by atoms with van der Waals surface area (Å²) in [6.45, 7) is 5.40. The summed E-state index contributed by atoms with van der Waals surface area (Å²) in [7, 11) is 1.85. The minimum Gasteiger partial charge on any atom is -0.345 e. The monoisotopic (exact) mass is 284 g/mol. The van der Waals surface area contributed by atoms with E-state index >= 15 is 0 Å². The molecule has 0 unspecified atom stereocenters. The highest BCUT2D eigenvalue weighted by atomic mass is 16.2. The van der Waals surface area contributed by atoms with E-state index < -0.39 is 0 Å². The second-order valence-corrected chi connectivity index (χ2v) is 6.48. The van der Waals surface area contributed by atoms with Crippen LogP contribution in [0.4, 0.5) is 0 Å². The van der Waals surface area contributed by atoms with Gasteiger partial charge in [0.2, 0.25) is 5.91 Å². The van der Waals surface area contributed by atoms with Crippen molar-refractivity contribution in [2.24, 2.45) is 11.1 Å². The van der Waals surface area contributed by atoms with Crippen LogP contribution in [0.15, 0.2) is 42.5 Å². The van der Waals surface area contributed by atoms with Crippen LogP contribution in [0, 0.1) is 5.41 Å². The first kappa shape index (κ1) is 15.5. The third kappa shape index (κ3) is 4.05. The Morgan fingerprint density at radius 2 is 1.81 bits per heavy atom. The Bertz CT molecular complexity index is 634. The first-order chi connectivity index (χ1) is 9.91. The fourth-order valence-electron chi connectivity index (χ4n) is 2.45. The molecule has 3 heteroatoms. The molecule has 3 nitrogen and oxygen atoms in total. The second kappa shape index (κ2) is 6.27. The van der Waals surface area contributed by atoms with Crippen molar-refractivity contribution < 1.29 is 4.79 Å². The first-order valence-electron chi connectivity index (χ1n) is 7.33. The van der Waals surface area contributed by atoms with Crippen molar-refractivity contribution in [1.82, 2.24) is 4.90 Å². The Morgan fingerprint density at radius 3 is 2.48 bits per heavy atom. The highest BCUT2D eigenvalue weighted by molar-refractivity contribution is 5.85. The van der Waals surface area contributed by atoms with Gasteiger partial charge in [-0.3, -0.25) is 4.79 Å². The molecule has 2 aromatic rings. The molecule has 2 aromatic carbocycles. The molecule has 2 rings (SSSR count). The van der Waals surface area contributed by atoms with Crippen LogP contribution in [0.5, 0.6) is 0 Å². The number of likely N-dealkylation sites (N-methyl/N-ethyl adjacent to an activating group) is 1. The van der Waals surface area contributed by atoms with Gasteiger partial charge < -0.3 is 10.6 Å². The fraction of sp³-hybridized carbons (Fsp3) is 0.389. The lowest BCUT2D eigenvalue weighted by atomic mass is 9.93. The third-order valence-corrected chi connectivity index (χ3v) is 3.81. The number of nitrogens with two attached hydrogens (primary N) is 1. The van der Waals surface area contributed by atoms with Gasteiger partial charge in [0.1, 0.15) is 0 Å². The molecule has 0 radical (unpaired) electrons. The van der Waals surface area contributed by atoms with Crippen molar-refractivity contribution in [2.45, 2.75) is 20.3 Å². The summed E-state index contributed by atoms with van der Waals surface area (Å²) >= 11 is 0. The van der Waals surface area contributed by atoms with E-state index in [4.69, 9.17) is 5.73 Å². The van der Waals surface area contributed by atoms with E-state index in [-0.39, 0.29) is 11.3 Å². The number of rotatable bonds is 5. The van der Waals surface area contributed by atoms with Crippen molar-refractivity contribution in [2.75, 3.05) is 20.1 Å². The predicted molar refractivity (Wildman–Crippen MR) is 88.1 cm³/mol. The van der Waals surface area contributed by atoms with Gasteiger partial charge in [0, 0.05) is 13.6 Å². The summed E-state index contributed by atoms with van der Waals surface area (Å²) in [5.74, 6) is 0.131. The van der Waals surface area contributed by atoms with E-state index in [0.29, 0.717) is 19.5 Å². The van der Waals surface area contributed by atoms with Gasteiger partial charge in [-0.2, -0.15) is 0 Å². The molecule has 2 N–H and O–H groups in total. The van der Waals surface area contributed by atoms with Gasteiger partial charge in [-0.15, -0.1) is 0 Å². The number of carbonyl (C=O) groups excluding carboxylic acids is 1. The van der Waals surface area contributed by atoms with E-state index in [2.05, 4.69) is 38.1 Å². The Kier molecular flexibility index (Phi) is 4.63. The molecule has 0 aliphatic heterocycles. The van der Waals surface area contributed by atoms with Crippen molar-refractivity contribution >= 4 is 16.7 Å². The number of hydrogen-bond donors (Lipinski definition) is 1. The van der Waals surface area contributed by atoms with E-state index in [1.165, 1.54) is 10.8 Å². The van der Waals surface area contributed by atoms with Gasteiger partial charge in [-0.25, -0.2) is 0 Å². The van der Waals surface area contributed by atoms with Crippen molar-refractivity contribution in [1.29, 1.82) is 0 Å². The zero-order chi connectivity index (χ0) is 15.5. The molecule has 0 spiro atoms. The van der Waals surface area contributed by atoms with Crippen LogP contribution in [0.2, 0.25) is 0 Å². The van der Waals surface area contributed by atoms with E-state index in [1.807, 2.05) is 25.2 Å². The fourth-order valence-corrected chi connectivity index (χ4v) is 2.45. The van der Waals surface area contributed by atoms with Gasteiger partial charge in [-0.05, 0) is 28.3 Å². The Hall–Kier alpha value is -1.87. The average molecular weight is 284 g/mol. The maximum atomic E-state index is 12.3. The van der Waals surface area contributed by atoms with Crippen molar-refractivity contribution in [3.8, 4) is 0 Å². The molecule has 21 heavy (non-hydrogen) atoms. The Balaban J connectivity index is 2.07. The predicted octanol–water partition coefficient (Wildman–Crippen LogP) is 2.83. The maximum Gasteiger partial charge on any atom is 0.226 e. The molecule has 0 aromatic heterocycles. The lowest BCUT2D eigenvalue weighted by Gasteiger charge is -2.29. The maximum absolute atomic E-state index is 12.3. The summed E-state index contributed by atoms with van der Waals surface area (Å²) in [5, 5.41) is 2.37. The van der Waals surface area contributed by atoms with Crippen molar-refractivity contribution in [3.63, 3.8) is 0 Å². The van der Waals surface area contributed by atoms with Crippen LogP contribution in [-0.2, 0) is 11.2 Å². The summed E-state index contributed by atoms with van der Waals surface area (Å²) < 4.78 is 0. The SMILES string of the molecule is CN(CC(C)(C)CN)C(=O)Cc1ccc2ccccc2c1. The van der Waals surface area contributed by atoms with Crippen molar-refractivity contribution in [3.05, 3.63) is 48.0 Å². The normalized spacial score (nSPS) is 11.6. The lowest BCUT2D eigenvalue weighted by Crippen LogP contribution is -2.40. The van der Waals surface area contributed by atoms with E-state index in [9.17, 15) is 4.79 Å². The number of benzene rings is 2. The highest BCUT2D eigenvalue weighted by Gasteiger charge is 2.21. The Labute approximate surface area is 126 Å². The molecule has 0 saturated heterocycles. The van der Waals surface area contributed by atoms with Crippen LogP contribution in [0.25, 0.3) is 10.8 Å². The second-order valence-electron chi connectivity index (χ2n) is 6.48. The quantitative estimate of drug-likeness (QED) is 0.917. The minimum absolute atomic E-state index is 0.0478. The molecular weight excluding hydrogens is 260 g/mol. The lowest BCUT2D eigenvalue weighted by molar-refractivity contribution is -0.130. The molecular formula is C18H24N2O. The molecule has 0 fully saturated rings. The largest absolute Gasteiger partial charge is 0.345 e. The topological polar surface area (TPSA) is 46.3 Å². The van der Waals surface area contributed by atoms with Crippen LogP contribution in [-0.4, -0.2) is 30.9 Å². The number of amides is 1. The van der Waals surface area contributed by atoms with Crippen LogP contribution < -0.4 is 5.73 Å². The van der Waals surface area contributed by atoms with E-state index in [1.54, 1.807) is 4.90 Å². The Morgan fingerprint density at radius 1 is 1.14 bits per heavy atom. The molecule has 1 amide bonds. The summed E-state index contributed by atoms with van der Waals surface area (Å²) in [4.78, 5) is 14.1. The summed E-state index contributed by atoms with van der Waals surface area (Å²) in [6, 6.07) is 14.4. The summed E-state index contributed by atoms with van der Waals surface area (Å²) in [5.41, 5.74) is 6.74. The molecule has 0 saturated carbocycles. The average Bonchev–Trinajstić information content (AvgIpc) is 2.46. The van der Waals surface area contributed by atoms with Gasteiger partial charge >= 0.3 is 0 Å². The summed E-state index contributed by atoms with van der Waals surface area (Å²) in [6.07, 6.45) is 0.433. The standard InChI is InChI=1S/C18H24N2O/c1-18(2,12-19)13-20(3)17(21)11-14-8-9-15-6-4-5-7-16(15)10-14/h4-10H,11-13,19H2,1-3H3. The molecule has 0 heterocycles. The highest BCUT2D eigenvalue weighted by Crippen LogP contribution is 2.18. The molecule has 0 atom stereocenters. The van der Waals surface area contributed by atoms with Crippen LogP contribution in [0.1, 0.15) is 19.4 Å². The molecule has 112 valence electrons. The number of hydrogen-bond acceptors (Lipinski definition) is 2. The number of fused-ring (bicyclic) bond motifs is 1. The van der Waals surface area contributed by atoms with Gasteiger partial charge in [0.25, 0.3) is 0 Å².